The number of ether oxygens (including phenoxy) is 2. The number of carbonyl (C=O) groups excluding carboxylic acids is 1. The Balaban J connectivity index is 1.63. The molecule has 0 atom stereocenters. The number of nitrogens with zero attached hydrogens (tertiary/aromatic N) is 2. The summed E-state index contributed by atoms with van der Waals surface area (Å²) in [5.41, 5.74) is 3.04. The van der Waals surface area contributed by atoms with Crippen LogP contribution in [0.25, 0.3) is 6.08 Å². The van der Waals surface area contributed by atoms with Crippen LogP contribution in [-0.2, 0) is 17.9 Å². The van der Waals surface area contributed by atoms with Crippen LogP contribution in [0.2, 0.25) is 0 Å². The van der Waals surface area contributed by atoms with Gasteiger partial charge in [0, 0.05) is 37.6 Å². The molecular weight excluding hydrogens is 354 g/mol. The number of imidazole rings is 1. The van der Waals surface area contributed by atoms with Gasteiger partial charge in [-0.05, 0) is 34.9 Å². The first-order chi connectivity index (χ1) is 13.7. The molecule has 1 amide bonds. The number of hydrogen-bond donors (Lipinski definition) is 1. The van der Waals surface area contributed by atoms with Crippen LogP contribution in [-0.4, -0.2) is 29.7 Å². The third kappa shape index (κ3) is 5.23. The number of benzene rings is 2. The van der Waals surface area contributed by atoms with E-state index in [1.165, 1.54) is 6.08 Å². The van der Waals surface area contributed by atoms with Crippen molar-refractivity contribution in [1.29, 1.82) is 0 Å². The van der Waals surface area contributed by atoms with Crippen LogP contribution in [0.3, 0.4) is 0 Å². The second-order valence-electron chi connectivity index (χ2n) is 6.20. The van der Waals surface area contributed by atoms with E-state index in [0.717, 1.165) is 16.7 Å². The molecule has 3 aromatic rings. The fourth-order valence-corrected chi connectivity index (χ4v) is 2.80. The summed E-state index contributed by atoms with van der Waals surface area (Å²) in [4.78, 5) is 16.3. The molecule has 0 fully saturated rings. The predicted octanol–water partition coefficient (Wildman–Crippen LogP) is 3.28. The molecule has 2 aromatic carbocycles. The van der Waals surface area contributed by atoms with Gasteiger partial charge in [0.1, 0.15) is 11.5 Å². The topological polar surface area (TPSA) is 65.4 Å². The van der Waals surface area contributed by atoms with E-state index in [2.05, 4.69) is 16.4 Å². The van der Waals surface area contributed by atoms with Crippen LogP contribution in [0.5, 0.6) is 11.5 Å². The van der Waals surface area contributed by atoms with Gasteiger partial charge in [-0.25, -0.2) is 4.98 Å². The fourth-order valence-electron chi connectivity index (χ4n) is 2.80. The van der Waals surface area contributed by atoms with Crippen molar-refractivity contribution in [2.45, 2.75) is 13.1 Å². The number of aromatic nitrogens is 2. The minimum atomic E-state index is -0.167. The number of nitrogens with one attached hydrogen (secondary N) is 1. The Bertz CT molecular complexity index is 927. The molecule has 3 rings (SSSR count). The van der Waals surface area contributed by atoms with Gasteiger partial charge in [-0.15, -0.1) is 0 Å². The monoisotopic (exact) mass is 377 g/mol. The van der Waals surface area contributed by atoms with Crippen molar-refractivity contribution in [2.75, 3.05) is 14.2 Å². The Labute approximate surface area is 164 Å². The van der Waals surface area contributed by atoms with Gasteiger partial charge in [-0.3, -0.25) is 4.79 Å². The Kier molecular flexibility index (Phi) is 6.46. The fraction of sp³-hybridized carbons (Fsp3) is 0.182. The third-order valence-electron chi connectivity index (χ3n) is 4.28. The van der Waals surface area contributed by atoms with Gasteiger partial charge in [-0.2, -0.15) is 0 Å². The van der Waals surface area contributed by atoms with E-state index >= 15 is 0 Å². The van der Waals surface area contributed by atoms with Gasteiger partial charge >= 0.3 is 0 Å². The Hall–Kier alpha value is -3.54. The maximum Gasteiger partial charge on any atom is 0.244 e. The molecule has 6 nitrogen and oxygen atoms in total. The van der Waals surface area contributed by atoms with E-state index in [1.807, 2.05) is 41.1 Å². The maximum absolute atomic E-state index is 12.3. The molecule has 28 heavy (non-hydrogen) atoms. The van der Waals surface area contributed by atoms with Crippen LogP contribution in [0.1, 0.15) is 16.7 Å². The normalized spacial score (nSPS) is 10.8. The number of rotatable bonds is 8. The largest absolute Gasteiger partial charge is 0.497 e. The molecule has 1 N–H and O–H groups in total. The first-order valence-electron chi connectivity index (χ1n) is 8.89. The second kappa shape index (κ2) is 9.41. The maximum atomic E-state index is 12.3. The van der Waals surface area contributed by atoms with E-state index in [9.17, 15) is 4.79 Å². The summed E-state index contributed by atoms with van der Waals surface area (Å²) in [5, 5.41) is 2.93. The molecule has 0 unspecified atom stereocenters. The summed E-state index contributed by atoms with van der Waals surface area (Å²) in [5.74, 6) is 1.18. The lowest BCUT2D eigenvalue weighted by molar-refractivity contribution is -0.116. The van der Waals surface area contributed by atoms with Gasteiger partial charge in [0.2, 0.25) is 5.91 Å². The summed E-state index contributed by atoms with van der Waals surface area (Å²) in [6.45, 7) is 1.17. The number of amides is 1. The Morgan fingerprint density at radius 1 is 1.11 bits per heavy atom. The third-order valence-corrected chi connectivity index (χ3v) is 4.28. The van der Waals surface area contributed by atoms with Gasteiger partial charge in [0.25, 0.3) is 0 Å². The van der Waals surface area contributed by atoms with Crippen molar-refractivity contribution in [3.63, 3.8) is 0 Å². The minimum absolute atomic E-state index is 0.167. The van der Waals surface area contributed by atoms with Gasteiger partial charge in [-0.1, -0.05) is 24.3 Å². The summed E-state index contributed by atoms with van der Waals surface area (Å²) >= 11 is 0. The smallest absolute Gasteiger partial charge is 0.244 e. The van der Waals surface area contributed by atoms with Crippen molar-refractivity contribution in [1.82, 2.24) is 14.9 Å². The first kappa shape index (κ1) is 19.2. The molecule has 1 aromatic heterocycles. The average Bonchev–Trinajstić information content (AvgIpc) is 3.24. The molecule has 0 radical (unpaired) electrons. The van der Waals surface area contributed by atoms with E-state index in [-0.39, 0.29) is 5.91 Å². The molecule has 0 saturated heterocycles. The van der Waals surface area contributed by atoms with Crippen molar-refractivity contribution < 1.29 is 14.3 Å². The van der Waals surface area contributed by atoms with Crippen molar-refractivity contribution >= 4 is 12.0 Å². The molecule has 1 heterocycles. The second-order valence-corrected chi connectivity index (χ2v) is 6.20. The molecule has 0 saturated carbocycles. The molecule has 0 aliphatic carbocycles. The summed E-state index contributed by atoms with van der Waals surface area (Å²) in [6.07, 6.45) is 8.69. The van der Waals surface area contributed by atoms with Crippen LogP contribution >= 0.6 is 0 Å². The lowest BCUT2D eigenvalue weighted by Crippen LogP contribution is -2.21. The molecular formula is C22H23N3O3. The van der Waals surface area contributed by atoms with Gasteiger partial charge in [0.15, 0.2) is 0 Å². The van der Waals surface area contributed by atoms with Crippen molar-refractivity contribution in [3.8, 4) is 11.5 Å². The minimum Gasteiger partial charge on any atom is -0.497 e. The highest BCUT2D eigenvalue weighted by molar-refractivity contribution is 5.91. The average molecular weight is 377 g/mol. The van der Waals surface area contributed by atoms with Crippen LogP contribution < -0.4 is 14.8 Å². The first-order valence-corrected chi connectivity index (χ1v) is 8.89. The van der Waals surface area contributed by atoms with E-state index < -0.39 is 0 Å². The SMILES string of the molecule is COc1cc(/C=C/C(=O)NCc2ccccc2Cn2ccnc2)cc(OC)c1. The Morgan fingerprint density at radius 3 is 2.46 bits per heavy atom. The molecule has 144 valence electrons. The highest BCUT2D eigenvalue weighted by Gasteiger charge is 2.05. The predicted molar refractivity (Wildman–Crippen MR) is 108 cm³/mol. The molecule has 0 spiro atoms. The van der Waals surface area contributed by atoms with Gasteiger partial charge in [0.05, 0.1) is 20.5 Å². The molecule has 6 heteroatoms. The van der Waals surface area contributed by atoms with Crippen molar-refractivity contribution in [2.24, 2.45) is 0 Å². The number of carbonyl (C=O) groups is 1. The summed E-state index contributed by atoms with van der Waals surface area (Å²) in [6, 6.07) is 13.5. The standard InChI is InChI=1S/C22H23N3O3/c1-27-20-11-17(12-21(13-20)28-2)7-8-22(26)24-14-18-5-3-4-6-19(18)15-25-10-9-23-16-25/h3-13,16H,14-15H2,1-2H3,(H,24,26)/b8-7+. The van der Waals surface area contributed by atoms with Crippen molar-refractivity contribution in [3.05, 3.63) is 84.0 Å². The summed E-state index contributed by atoms with van der Waals surface area (Å²) in [7, 11) is 3.19. The zero-order valence-corrected chi connectivity index (χ0v) is 16.0. The summed E-state index contributed by atoms with van der Waals surface area (Å²) < 4.78 is 12.5. The van der Waals surface area contributed by atoms with Gasteiger partial charge < -0.3 is 19.4 Å². The van der Waals surface area contributed by atoms with Crippen LogP contribution in [0.15, 0.2) is 67.3 Å². The lowest BCUT2D eigenvalue weighted by atomic mass is 10.1. The van der Waals surface area contributed by atoms with E-state index in [0.29, 0.717) is 24.6 Å². The van der Waals surface area contributed by atoms with Crippen LogP contribution in [0.4, 0.5) is 0 Å². The Morgan fingerprint density at radius 2 is 1.82 bits per heavy atom. The van der Waals surface area contributed by atoms with E-state index in [1.54, 1.807) is 38.9 Å². The highest BCUT2D eigenvalue weighted by Crippen LogP contribution is 2.23. The molecule has 0 aliphatic heterocycles. The molecule has 0 aliphatic rings. The lowest BCUT2D eigenvalue weighted by Gasteiger charge is -2.10. The quantitative estimate of drug-likeness (QED) is 0.612. The molecule has 0 bridgehead atoms. The van der Waals surface area contributed by atoms with E-state index in [4.69, 9.17) is 9.47 Å². The number of hydrogen-bond acceptors (Lipinski definition) is 4. The van der Waals surface area contributed by atoms with Crippen LogP contribution in [0, 0.1) is 0 Å². The zero-order valence-electron chi connectivity index (χ0n) is 16.0. The zero-order chi connectivity index (χ0) is 19.8. The number of methoxy groups -OCH3 is 2. The highest BCUT2D eigenvalue weighted by atomic mass is 16.5.